The van der Waals surface area contributed by atoms with Gasteiger partial charge >= 0.3 is 0 Å². The van der Waals surface area contributed by atoms with Crippen LogP contribution in [0.15, 0.2) is 59.1 Å². The van der Waals surface area contributed by atoms with Gasteiger partial charge in [-0.25, -0.2) is 0 Å². The van der Waals surface area contributed by atoms with E-state index in [-0.39, 0.29) is 11.0 Å². The van der Waals surface area contributed by atoms with Crippen molar-refractivity contribution in [1.82, 2.24) is 5.32 Å². The van der Waals surface area contributed by atoms with Crippen molar-refractivity contribution in [3.05, 3.63) is 59.1 Å². The van der Waals surface area contributed by atoms with Crippen LogP contribution in [0.1, 0.15) is 12.8 Å². The maximum Gasteiger partial charge on any atom is 0.226 e. The van der Waals surface area contributed by atoms with Crippen LogP contribution in [-0.2, 0) is 4.79 Å². The zero-order valence-electron chi connectivity index (χ0n) is 12.4. The second-order valence-corrected chi connectivity index (χ2v) is 6.10. The lowest BCUT2D eigenvalue weighted by Crippen LogP contribution is -2.34. The highest BCUT2D eigenvalue weighted by molar-refractivity contribution is 9.10. The highest BCUT2D eigenvalue weighted by Gasteiger charge is 2.05. The normalized spacial score (nSPS) is 9.96. The monoisotopic (exact) mass is 392 g/mol. The maximum atomic E-state index is 11.8. The zero-order chi connectivity index (χ0) is 16.5. The molecule has 6 heteroatoms. The molecular weight excluding hydrogens is 376 g/mol. The fourth-order valence-corrected chi connectivity index (χ4v) is 2.49. The van der Waals surface area contributed by atoms with E-state index in [9.17, 15) is 4.79 Å². The number of thiocarbonyl (C=S) groups is 1. The van der Waals surface area contributed by atoms with Gasteiger partial charge in [0.2, 0.25) is 5.91 Å². The Kier molecular flexibility index (Phi) is 7.03. The molecule has 1 amide bonds. The minimum absolute atomic E-state index is 0.130. The lowest BCUT2D eigenvalue weighted by molar-refractivity contribution is -0.119. The summed E-state index contributed by atoms with van der Waals surface area (Å²) in [5.74, 6) is 0.675. The summed E-state index contributed by atoms with van der Waals surface area (Å²) in [5, 5.41) is 5.91. The number of para-hydroxylation sites is 1. The molecule has 4 nitrogen and oxygen atoms in total. The van der Waals surface area contributed by atoms with Crippen molar-refractivity contribution in [3.8, 4) is 5.75 Å². The molecule has 23 heavy (non-hydrogen) atoms. The number of carbonyl (C=O) groups is 1. The molecule has 0 spiro atoms. The van der Waals surface area contributed by atoms with E-state index in [1.165, 1.54) is 0 Å². The standard InChI is InChI=1S/C17H17BrN2O2S/c18-13-6-4-7-14(12-13)19-17(23)20-16(21)10-5-11-22-15-8-2-1-3-9-15/h1-4,6-9,12H,5,10-11H2,(H2,19,20,21,23). The van der Waals surface area contributed by atoms with E-state index >= 15 is 0 Å². The highest BCUT2D eigenvalue weighted by Crippen LogP contribution is 2.15. The summed E-state index contributed by atoms with van der Waals surface area (Å²) >= 11 is 8.50. The van der Waals surface area contributed by atoms with Crippen LogP contribution in [0.2, 0.25) is 0 Å². The molecular formula is C17H17BrN2O2S. The Morgan fingerprint density at radius 2 is 1.91 bits per heavy atom. The number of rotatable bonds is 6. The predicted molar refractivity (Wildman–Crippen MR) is 99.7 cm³/mol. The van der Waals surface area contributed by atoms with Crippen LogP contribution in [0.4, 0.5) is 5.69 Å². The SMILES string of the molecule is O=C(CCCOc1ccccc1)NC(=S)Nc1cccc(Br)c1. The summed E-state index contributed by atoms with van der Waals surface area (Å²) in [6.45, 7) is 0.489. The van der Waals surface area contributed by atoms with Gasteiger partial charge in [0.1, 0.15) is 5.75 Å². The van der Waals surface area contributed by atoms with Crippen molar-refractivity contribution in [2.75, 3.05) is 11.9 Å². The van der Waals surface area contributed by atoms with Gasteiger partial charge in [0.15, 0.2) is 5.11 Å². The Bertz CT molecular complexity index is 665. The molecule has 0 radical (unpaired) electrons. The topological polar surface area (TPSA) is 50.4 Å². The molecule has 0 atom stereocenters. The molecule has 0 saturated carbocycles. The van der Waals surface area contributed by atoms with Gasteiger partial charge in [-0.3, -0.25) is 4.79 Å². The number of nitrogens with one attached hydrogen (secondary N) is 2. The molecule has 0 aliphatic carbocycles. The van der Waals surface area contributed by atoms with Crippen LogP contribution in [0.25, 0.3) is 0 Å². The third kappa shape index (κ3) is 6.80. The van der Waals surface area contributed by atoms with E-state index in [2.05, 4.69) is 26.6 Å². The van der Waals surface area contributed by atoms with Crippen LogP contribution in [0, 0.1) is 0 Å². The van der Waals surface area contributed by atoms with Crippen LogP contribution in [-0.4, -0.2) is 17.6 Å². The average Bonchev–Trinajstić information content (AvgIpc) is 2.52. The molecule has 2 aromatic rings. The molecule has 0 aliphatic heterocycles. The summed E-state index contributed by atoms with van der Waals surface area (Å²) in [7, 11) is 0. The summed E-state index contributed by atoms with van der Waals surface area (Å²) < 4.78 is 6.48. The highest BCUT2D eigenvalue weighted by atomic mass is 79.9. The van der Waals surface area contributed by atoms with Crippen LogP contribution < -0.4 is 15.4 Å². The molecule has 0 heterocycles. The van der Waals surface area contributed by atoms with Crippen molar-refractivity contribution in [3.63, 3.8) is 0 Å². The van der Waals surface area contributed by atoms with Gasteiger partial charge in [0.25, 0.3) is 0 Å². The Balaban J connectivity index is 1.65. The first kappa shape index (κ1) is 17.4. The fourth-order valence-electron chi connectivity index (χ4n) is 1.86. The molecule has 0 fully saturated rings. The lowest BCUT2D eigenvalue weighted by atomic mass is 10.3. The van der Waals surface area contributed by atoms with Gasteiger partial charge in [-0.05, 0) is 49.0 Å². The molecule has 0 saturated heterocycles. The van der Waals surface area contributed by atoms with Crippen LogP contribution >= 0.6 is 28.1 Å². The minimum atomic E-state index is -0.130. The van der Waals surface area contributed by atoms with Gasteiger partial charge in [-0.2, -0.15) is 0 Å². The average molecular weight is 393 g/mol. The first-order valence-electron chi connectivity index (χ1n) is 7.18. The molecule has 0 aromatic heterocycles. The second kappa shape index (κ2) is 9.27. The lowest BCUT2D eigenvalue weighted by Gasteiger charge is -2.10. The quantitative estimate of drug-likeness (QED) is 0.573. The molecule has 0 bridgehead atoms. The number of halogens is 1. The van der Waals surface area contributed by atoms with E-state index in [0.717, 1.165) is 15.9 Å². The smallest absolute Gasteiger partial charge is 0.226 e. The summed E-state index contributed by atoms with van der Waals surface area (Å²) in [6, 6.07) is 17.1. The number of hydrogen-bond donors (Lipinski definition) is 2. The third-order valence-corrected chi connectivity index (χ3v) is 3.59. The van der Waals surface area contributed by atoms with Crippen molar-refractivity contribution < 1.29 is 9.53 Å². The molecule has 2 N–H and O–H groups in total. The van der Waals surface area contributed by atoms with Crippen LogP contribution in [0.3, 0.4) is 0 Å². The van der Waals surface area contributed by atoms with E-state index in [0.29, 0.717) is 19.4 Å². The van der Waals surface area contributed by atoms with Crippen LogP contribution in [0.5, 0.6) is 5.75 Å². The van der Waals surface area contributed by atoms with Gasteiger partial charge < -0.3 is 15.4 Å². The third-order valence-electron chi connectivity index (χ3n) is 2.90. The van der Waals surface area contributed by atoms with Crippen molar-refractivity contribution in [2.24, 2.45) is 0 Å². The van der Waals surface area contributed by atoms with Gasteiger partial charge in [0, 0.05) is 16.6 Å². The minimum Gasteiger partial charge on any atom is -0.494 e. The van der Waals surface area contributed by atoms with Gasteiger partial charge in [0.05, 0.1) is 6.61 Å². The Hall–Kier alpha value is -1.92. The molecule has 120 valence electrons. The first-order valence-corrected chi connectivity index (χ1v) is 8.38. The summed E-state index contributed by atoms with van der Waals surface area (Å²) in [5.41, 5.74) is 0.817. The van der Waals surface area contributed by atoms with Crippen molar-refractivity contribution in [2.45, 2.75) is 12.8 Å². The number of amides is 1. The fraction of sp³-hybridized carbons (Fsp3) is 0.176. The van der Waals surface area contributed by atoms with Crippen molar-refractivity contribution >= 4 is 44.9 Å². The summed E-state index contributed by atoms with van der Waals surface area (Å²) in [6.07, 6.45) is 0.980. The number of anilines is 1. The molecule has 2 rings (SSSR count). The summed E-state index contributed by atoms with van der Waals surface area (Å²) in [4.78, 5) is 11.8. The number of benzene rings is 2. The first-order chi connectivity index (χ1) is 11.1. The van der Waals surface area contributed by atoms with Gasteiger partial charge in [-0.1, -0.05) is 40.2 Å². The Labute approximate surface area is 149 Å². The predicted octanol–water partition coefficient (Wildman–Crippen LogP) is 4.12. The van der Waals surface area contributed by atoms with Gasteiger partial charge in [-0.15, -0.1) is 0 Å². The zero-order valence-corrected chi connectivity index (χ0v) is 14.8. The molecule has 2 aromatic carbocycles. The number of hydrogen-bond acceptors (Lipinski definition) is 3. The van der Waals surface area contributed by atoms with E-state index in [1.54, 1.807) is 0 Å². The van der Waals surface area contributed by atoms with Crippen molar-refractivity contribution in [1.29, 1.82) is 0 Å². The van der Waals surface area contributed by atoms with E-state index < -0.39 is 0 Å². The molecule has 0 unspecified atom stereocenters. The number of carbonyl (C=O) groups excluding carboxylic acids is 1. The Morgan fingerprint density at radius 3 is 2.65 bits per heavy atom. The van der Waals surface area contributed by atoms with E-state index in [4.69, 9.17) is 17.0 Å². The maximum absolute atomic E-state index is 11.8. The largest absolute Gasteiger partial charge is 0.494 e. The Morgan fingerprint density at radius 1 is 1.13 bits per heavy atom. The molecule has 0 aliphatic rings. The second-order valence-electron chi connectivity index (χ2n) is 4.78. The number of ether oxygens (including phenoxy) is 1. The van der Waals surface area contributed by atoms with E-state index in [1.807, 2.05) is 54.6 Å².